The van der Waals surface area contributed by atoms with E-state index in [1.807, 2.05) is 35.2 Å². The molecule has 2 aliphatic heterocycles. The van der Waals surface area contributed by atoms with E-state index in [-0.39, 0.29) is 18.6 Å². The fraction of sp³-hybridized carbons (Fsp3) is 0.611. The van der Waals surface area contributed by atoms with E-state index in [9.17, 15) is 4.79 Å². The number of morpholine rings is 1. The van der Waals surface area contributed by atoms with Gasteiger partial charge in [-0.3, -0.25) is 9.69 Å². The number of ether oxygens (including phenoxy) is 2. The van der Waals surface area contributed by atoms with Crippen molar-refractivity contribution in [1.29, 1.82) is 0 Å². The van der Waals surface area contributed by atoms with Crippen molar-refractivity contribution >= 4 is 5.91 Å². The quantitative estimate of drug-likeness (QED) is 0.855. The molecule has 0 radical (unpaired) electrons. The Balaban J connectivity index is 1.41. The van der Waals surface area contributed by atoms with Crippen molar-refractivity contribution in [3.63, 3.8) is 0 Å². The highest BCUT2D eigenvalue weighted by atomic mass is 16.5. The number of amides is 1. The van der Waals surface area contributed by atoms with Crippen LogP contribution in [0.5, 0.6) is 5.75 Å². The fourth-order valence-electron chi connectivity index (χ4n) is 3.18. The Bertz CT molecular complexity index is 505. The Labute approximate surface area is 143 Å². The van der Waals surface area contributed by atoms with Crippen LogP contribution in [0.25, 0.3) is 0 Å². The molecule has 132 valence electrons. The largest absolute Gasteiger partial charge is 0.484 e. The van der Waals surface area contributed by atoms with Gasteiger partial charge in [-0.05, 0) is 25.1 Å². The first-order valence-electron chi connectivity index (χ1n) is 8.81. The molecule has 1 unspecified atom stereocenters. The van der Waals surface area contributed by atoms with Gasteiger partial charge >= 0.3 is 0 Å². The van der Waals surface area contributed by atoms with Crippen molar-refractivity contribution in [2.24, 2.45) is 0 Å². The van der Waals surface area contributed by atoms with Crippen LogP contribution in [0, 0.1) is 0 Å². The van der Waals surface area contributed by atoms with Gasteiger partial charge < -0.3 is 19.7 Å². The number of hydrogen-bond donors (Lipinski definition) is 1. The van der Waals surface area contributed by atoms with Gasteiger partial charge in [-0.15, -0.1) is 0 Å². The van der Waals surface area contributed by atoms with E-state index in [4.69, 9.17) is 9.47 Å². The summed E-state index contributed by atoms with van der Waals surface area (Å²) in [5.74, 6) is 0.806. The van der Waals surface area contributed by atoms with Crippen molar-refractivity contribution in [2.75, 3.05) is 59.0 Å². The molecule has 2 aliphatic rings. The standard InChI is InChI=1S/C18H27N3O3/c22-18(15-24-16-5-2-1-3-6-16)21-9-4-8-20(10-11-21)14-17-13-19-7-12-23-17/h1-3,5-6,17,19H,4,7-15H2. The highest BCUT2D eigenvalue weighted by Gasteiger charge is 2.22. The monoisotopic (exact) mass is 333 g/mol. The molecule has 6 nitrogen and oxygen atoms in total. The first kappa shape index (κ1) is 17.2. The number of para-hydroxylation sites is 1. The lowest BCUT2D eigenvalue weighted by atomic mass is 10.2. The number of carbonyl (C=O) groups excluding carboxylic acids is 1. The van der Waals surface area contributed by atoms with Crippen LogP contribution in [0.4, 0.5) is 0 Å². The average Bonchev–Trinajstić information content (AvgIpc) is 2.87. The lowest BCUT2D eigenvalue weighted by Crippen LogP contribution is -2.46. The van der Waals surface area contributed by atoms with Crippen LogP contribution in [0.3, 0.4) is 0 Å². The van der Waals surface area contributed by atoms with Gasteiger partial charge in [0.25, 0.3) is 5.91 Å². The lowest BCUT2D eigenvalue weighted by molar-refractivity contribution is -0.133. The Morgan fingerprint density at radius 2 is 2.08 bits per heavy atom. The van der Waals surface area contributed by atoms with Crippen LogP contribution in [-0.4, -0.2) is 80.8 Å². The number of carbonyl (C=O) groups is 1. The summed E-state index contributed by atoms with van der Waals surface area (Å²) >= 11 is 0. The average molecular weight is 333 g/mol. The smallest absolute Gasteiger partial charge is 0.260 e. The molecular formula is C18H27N3O3. The number of nitrogens with zero attached hydrogens (tertiary/aromatic N) is 2. The molecule has 6 heteroatoms. The van der Waals surface area contributed by atoms with Gasteiger partial charge in [-0.2, -0.15) is 0 Å². The zero-order chi connectivity index (χ0) is 16.6. The van der Waals surface area contributed by atoms with Gasteiger partial charge in [0.2, 0.25) is 0 Å². The third-order valence-electron chi connectivity index (χ3n) is 4.51. The molecule has 0 saturated carbocycles. The van der Waals surface area contributed by atoms with E-state index in [2.05, 4.69) is 10.2 Å². The molecule has 0 aliphatic carbocycles. The van der Waals surface area contributed by atoms with Crippen LogP contribution in [0.2, 0.25) is 0 Å². The molecule has 0 bridgehead atoms. The number of benzene rings is 1. The van der Waals surface area contributed by atoms with Gasteiger partial charge in [0, 0.05) is 39.3 Å². The minimum Gasteiger partial charge on any atom is -0.484 e. The van der Waals surface area contributed by atoms with Crippen molar-refractivity contribution < 1.29 is 14.3 Å². The molecule has 24 heavy (non-hydrogen) atoms. The summed E-state index contributed by atoms with van der Waals surface area (Å²) in [4.78, 5) is 16.7. The molecule has 1 aromatic rings. The Morgan fingerprint density at radius 1 is 1.21 bits per heavy atom. The summed E-state index contributed by atoms with van der Waals surface area (Å²) in [5, 5.41) is 3.37. The molecule has 1 amide bonds. The van der Waals surface area contributed by atoms with Gasteiger partial charge in [-0.1, -0.05) is 18.2 Å². The second kappa shape index (κ2) is 9.01. The molecule has 2 fully saturated rings. The maximum Gasteiger partial charge on any atom is 0.260 e. The van der Waals surface area contributed by atoms with E-state index in [1.54, 1.807) is 0 Å². The van der Waals surface area contributed by atoms with Gasteiger partial charge in [0.15, 0.2) is 6.61 Å². The van der Waals surface area contributed by atoms with Crippen LogP contribution in [0.15, 0.2) is 30.3 Å². The lowest BCUT2D eigenvalue weighted by Gasteiger charge is -2.29. The molecule has 0 spiro atoms. The van der Waals surface area contributed by atoms with Crippen molar-refractivity contribution in [1.82, 2.24) is 15.1 Å². The summed E-state index contributed by atoms with van der Waals surface area (Å²) in [5.41, 5.74) is 0. The molecule has 1 N–H and O–H groups in total. The predicted octanol–water partition coefficient (Wildman–Crippen LogP) is 0.588. The van der Waals surface area contributed by atoms with E-state index >= 15 is 0 Å². The minimum absolute atomic E-state index is 0.0660. The van der Waals surface area contributed by atoms with Crippen molar-refractivity contribution in [2.45, 2.75) is 12.5 Å². The second-order valence-corrected chi connectivity index (χ2v) is 6.33. The first-order valence-corrected chi connectivity index (χ1v) is 8.81. The van der Waals surface area contributed by atoms with Crippen LogP contribution >= 0.6 is 0 Å². The Hall–Kier alpha value is -1.63. The van der Waals surface area contributed by atoms with Gasteiger partial charge in [-0.25, -0.2) is 0 Å². The minimum atomic E-state index is 0.0660. The molecule has 3 rings (SSSR count). The number of rotatable bonds is 5. The maximum absolute atomic E-state index is 12.4. The molecule has 0 aromatic heterocycles. The molecule has 1 aromatic carbocycles. The van der Waals surface area contributed by atoms with Crippen LogP contribution in [-0.2, 0) is 9.53 Å². The zero-order valence-corrected chi connectivity index (χ0v) is 14.2. The van der Waals surface area contributed by atoms with Gasteiger partial charge in [0.05, 0.1) is 12.7 Å². The van der Waals surface area contributed by atoms with Gasteiger partial charge in [0.1, 0.15) is 5.75 Å². The highest BCUT2D eigenvalue weighted by Crippen LogP contribution is 2.10. The topological polar surface area (TPSA) is 54.0 Å². The summed E-state index contributed by atoms with van der Waals surface area (Å²) in [6.07, 6.45) is 1.26. The number of hydrogen-bond acceptors (Lipinski definition) is 5. The Kier molecular flexibility index (Phi) is 6.46. The second-order valence-electron chi connectivity index (χ2n) is 6.33. The van der Waals surface area contributed by atoms with Crippen molar-refractivity contribution in [3.8, 4) is 5.75 Å². The van der Waals surface area contributed by atoms with E-state index in [1.165, 1.54) is 0 Å². The first-order chi connectivity index (χ1) is 11.8. The normalized spacial score (nSPS) is 22.8. The SMILES string of the molecule is O=C(COc1ccccc1)N1CCCN(CC2CNCCO2)CC1. The molecule has 2 saturated heterocycles. The zero-order valence-electron chi connectivity index (χ0n) is 14.2. The number of nitrogens with one attached hydrogen (secondary N) is 1. The highest BCUT2D eigenvalue weighted by molar-refractivity contribution is 5.77. The molecule has 2 heterocycles. The predicted molar refractivity (Wildman–Crippen MR) is 92.2 cm³/mol. The van der Waals surface area contributed by atoms with E-state index in [0.717, 1.165) is 64.6 Å². The fourth-order valence-corrected chi connectivity index (χ4v) is 3.18. The molecular weight excluding hydrogens is 306 g/mol. The summed E-state index contributed by atoms with van der Waals surface area (Å²) in [6.45, 7) is 7.19. The van der Waals surface area contributed by atoms with Crippen LogP contribution in [0.1, 0.15) is 6.42 Å². The summed E-state index contributed by atoms with van der Waals surface area (Å²) in [7, 11) is 0. The Morgan fingerprint density at radius 3 is 2.88 bits per heavy atom. The van der Waals surface area contributed by atoms with Crippen LogP contribution < -0.4 is 10.1 Å². The van der Waals surface area contributed by atoms with Crippen molar-refractivity contribution in [3.05, 3.63) is 30.3 Å². The summed E-state index contributed by atoms with van der Waals surface area (Å²) in [6, 6.07) is 9.49. The molecule has 1 atom stereocenters. The van der Waals surface area contributed by atoms with E-state index in [0.29, 0.717) is 0 Å². The van der Waals surface area contributed by atoms with E-state index < -0.39 is 0 Å². The third-order valence-corrected chi connectivity index (χ3v) is 4.51. The third kappa shape index (κ3) is 5.19. The summed E-state index contributed by atoms with van der Waals surface area (Å²) < 4.78 is 11.4. The maximum atomic E-state index is 12.4.